The Bertz CT molecular complexity index is 600. The van der Waals surface area contributed by atoms with Gasteiger partial charge in [0.15, 0.2) is 0 Å². The zero-order chi connectivity index (χ0) is 14.8. The van der Waals surface area contributed by atoms with E-state index in [9.17, 15) is 9.59 Å². The summed E-state index contributed by atoms with van der Waals surface area (Å²) in [6.45, 7) is 1.26. The standard InChI is InChI=1S/C16H17NO4/c18-15(17-7-5-11(6-8-17)16(19)20)13-9-12-3-1-2-4-14(12)21-10-13/h1-4,9,11H,5-8,10H2,(H,19,20). The van der Waals surface area contributed by atoms with Crippen LogP contribution in [-0.2, 0) is 9.59 Å². The van der Waals surface area contributed by atoms with Gasteiger partial charge >= 0.3 is 5.97 Å². The summed E-state index contributed by atoms with van der Waals surface area (Å²) in [5.41, 5.74) is 1.54. The van der Waals surface area contributed by atoms with Crippen LogP contribution in [0.5, 0.6) is 5.75 Å². The lowest BCUT2D eigenvalue weighted by Crippen LogP contribution is -2.41. The highest BCUT2D eigenvalue weighted by Gasteiger charge is 2.29. The average molecular weight is 287 g/mol. The SMILES string of the molecule is O=C(O)C1CCN(C(=O)C2=Cc3ccccc3OC2)CC1. The first-order chi connectivity index (χ1) is 10.1. The monoisotopic (exact) mass is 287 g/mol. The molecule has 0 saturated carbocycles. The van der Waals surface area contributed by atoms with Crippen molar-refractivity contribution in [2.45, 2.75) is 12.8 Å². The van der Waals surface area contributed by atoms with E-state index in [-0.39, 0.29) is 18.4 Å². The number of carbonyl (C=O) groups excluding carboxylic acids is 1. The van der Waals surface area contributed by atoms with Gasteiger partial charge in [-0.25, -0.2) is 0 Å². The third-order valence-corrected chi connectivity index (χ3v) is 4.04. The van der Waals surface area contributed by atoms with Crippen LogP contribution in [-0.4, -0.2) is 41.6 Å². The third kappa shape index (κ3) is 2.77. The van der Waals surface area contributed by atoms with E-state index in [0.717, 1.165) is 11.3 Å². The Balaban J connectivity index is 1.70. The zero-order valence-electron chi connectivity index (χ0n) is 11.6. The molecule has 1 amide bonds. The van der Waals surface area contributed by atoms with Crippen LogP contribution in [0.2, 0.25) is 0 Å². The van der Waals surface area contributed by atoms with Crippen molar-refractivity contribution in [1.29, 1.82) is 0 Å². The van der Waals surface area contributed by atoms with Gasteiger partial charge in [-0.2, -0.15) is 0 Å². The molecule has 0 unspecified atom stereocenters. The Kier molecular flexibility index (Phi) is 3.64. The lowest BCUT2D eigenvalue weighted by molar-refractivity contribution is -0.145. The molecule has 5 heteroatoms. The lowest BCUT2D eigenvalue weighted by atomic mass is 9.96. The highest BCUT2D eigenvalue weighted by atomic mass is 16.5. The highest BCUT2D eigenvalue weighted by molar-refractivity contribution is 5.99. The molecule has 0 bridgehead atoms. The molecule has 2 aliphatic heterocycles. The molecule has 5 nitrogen and oxygen atoms in total. The number of carboxylic acids is 1. The van der Waals surface area contributed by atoms with Crippen molar-refractivity contribution in [2.24, 2.45) is 5.92 Å². The van der Waals surface area contributed by atoms with E-state index in [1.165, 1.54) is 0 Å². The molecule has 1 aromatic carbocycles. The average Bonchev–Trinajstić information content (AvgIpc) is 2.54. The van der Waals surface area contributed by atoms with Gasteiger partial charge in [0.25, 0.3) is 5.91 Å². The molecule has 3 rings (SSSR count). The van der Waals surface area contributed by atoms with Crippen molar-refractivity contribution < 1.29 is 19.4 Å². The van der Waals surface area contributed by atoms with Crippen LogP contribution in [0.1, 0.15) is 18.4 Å². The second kappa shape index (κ2) is 5.60. The maximum absolute atomic E-state index is 12.5. The van der Waals surface area contributed by atoms with E-state index < -0.39 is 5.97 Å². The van der Waals surface area contributed by atoms with E-state index >= 15 is 0 Å². The second-order valence-corrected chi connectivity index (χ2v) is 5.40. The molecule has 1 saturated heterocycles. The summed E-state index contributed by atoms with van der Waals surface area (Å²) in [4.78, 5) is 25.1. The van der Waals surface area contributed by atoms with E-state index in [1.807, 2.05) is 30.3 Å². The molecule has 110 valence electrons. The number of amides is 1. The number of hydrogen-bond acceptors (Lipinski definition) is 3. The fourth-order valence-corrected chi connectivity index (χ4v) is 2.77. The number of piperidine rings is 1. The highest BCUT2D eigenvalue weighted by Crippen LogP contribution is 2.27. The summed E-state index contributed by atoms with van der Waals surface area (Å²) in [6.07, 6.45) is 2.90. The molecule has 0 aromatic heterocycles. The van der Waals surface area contributed by atoms with Crippen molar-refractivity contribution in [1.82, 2.24) is 4.90 Å². The number of para-hydroxylation sites is 1. The predicted octanol–water partition coefficient (Wildman–Crippen LogP) is 1.79. The normalized spacial score (nSPS) is 18.5. The molecule has 2 aliphatic rings. The summed E-state index contributed by atoms with van der Waals surface area (Å²) in [5, 5.41) is 8.99. The number of hydrogen-bond donors (Lipinski definition) is 1. The van der Waals surface area contributed by atoms with Crippen molar-refractivity contribution in [3.8, 4) is 5.75 Å². The van der Waals surface area contributed by atoms with Gasteiger partial charge in [-0.3, -0.25) is 9.59 Å². The molecular weight excluding hydrogens is 270 g/mol. The largest absolute Gasteiger partial charge is 0.488 e. The van der Waals surface area contributed by atoms with Crippen LogP contribution in [0.4, 0.5) is 0 Å². The molecule has 1 fully saturated rings. The van der Waals surface area contributed by atoms with Crippen LogP contribution in [0.3, 0.4) is 0 Å². The van der Waals surface area contributed by atoms with Crippen molar-refractivity contribution >= 4 is 18.0 Å². The molecule has 0 spiro atoms. The smallest absolute Gasteiger partial charge is 0.306 e. The predicted molar refractivity (Wildman–Crippen MR) is 76.9 cm³/mol. The van der Waals surface area contributed by atoms with Gasteiger partial charge in [-0.1, -0.05) is 18.2 Å². The number of nitrogens with zero attached hydrogens (tertiary/aromatic N) is 1. The first-order valence-corrected chi connectivity index (χ1v) is 7.09. The van der Waals surface area contributed by atoms with Crippen LogP contribution in [0.15, 0.2) is 29.8 Å². The van der Waals surface area contributed by atoms with Crippen molar-refractivity contribution in [3.63, 3.8) is 0 Å². The van der Waals surface area contributed by atoms with E-state index in [2.05, 4.69) is 0 Å². The van der Waals surface area contributed by atoms with Crippen LogP contribution in [0, 0.1) is 5.92 Å². The molecule has 0 aliphatic carbocycles. The van der Waals surface area contributed by atoms with Gasteiger partial charge < -0.3 is 14.7 Å². The fraction of sp³-hybridized carbons (Fsp3) is 0.375. The van der Waals surface area contributed by atoms with Gasteiger partial charge in [0.05, 0.1) is 11.5 Å². The van der Waals surface area contributed by atoms with E-state index in [1.54, 1.807) is 4.90 Å². The number of rotatable bonds is 2. The lowest BCUT2D eigenvalue weighted by Gasteiger charge is -2.31. The molecule has 1 aromatic rings. The Morgan fingerprint density at radius 2 is 1.90 bits per heavy atom. The number of fused-ring (bicyclic) bond motifs is 1. The molecule has 0 radical (unpaired) electrons. The topological polar surface area (TPSA) is 66.8 Å². The quantitative estimate of drug-likeness (QED) is 0.900. The fourth-order valence-electron chi connectivity index (χ4n) is 2.77. The summed E-state index contributed by atoms with van der Waals surface area (Å²) in [5.74, 6) is -0.352. The van der Waals surface area contributed by atoms with Crippen LogP contribution < -0.4 is 4.74 Å². The molecule has 0 atom stereocenters. The minimum atomic E-state index is -0.767. The molecule has 1 N–H and O–H groups in total. The molecule has 21 heavy (non-hydrogen) atoms. The van der Waals surface area contributed by atoms with E-state index in [4.69, 9.17) is 9.84 Å². The zero-order valence-corrected chi connectivity index (χ0v) is 11.6. The Morgan fingerprint density at radius 3 is 2.62 bits per heavy atom. The minimum Gasteiger partial charge on any atom is -0.488 e. The number of ether oxygens (including phenoxy) is 1. The second-order valence-electron chi connectivity index (χ2n) is 5.40. The number of benzene rings is 1. The van der Waals surface area contributed by atoms with Crippen molar-refractivity contribution in [3.05, 3.63) is 35.4 Å². The van der Waals surface area contributed by atoms with Gasteiger partial charge in [-0.05, 0) is 25.0 Å². The van der Waals surface area contributed by atoms with Crippen molar-refractivity contribution in [2.75, 3.05) is 19.7 Å². The van der Waals surface area contributed by atoms with Crippen LogP contribution >= 0.6 is 0 Å². The van der Waals surface area contributed by atoms with Gasteiger partial charge in [-0.15, -0.1) is 0 Å². The first-order valence-electron chi connectivity index (χ1n) is 7.09. The molecule has 2 heterocycles. The third-order valence-electron chi connectivity index (χ3n) is 4.04. The number of carbonyl (C=O) groups is 2. The maximum Gasteiger partial charge on any atom is 0.306 e. The van der Waals surface area contributed by atoms with Crippen LogP contribution in [0.25, 0.3) is 6.08 Å². The van der Waals surface area contributed by atoms with E-state index in [0.29, 0.717) is 31.5 Å². The summed E-state index contributed by atoms with van der Waals surface area (Å²) in [7, 11) is 0. The maximum atomic E-state index is 12.5. The number of likely N-dealkylation sites (tertiary alicyclic amines) is 1. The Hall–Kier alpha value is -2.30. The number of carboxylic acid groups (broad SMARTS) is 1. The van der Waals surface area contributed by atoms with Gasteiger partial charge in [0.2, 0.25) is 0 Å². The Morgan fingerprint density at radius 1 is 1.19 bits per heavy atom. The Labute approximate surface area is 122 Å². The molecular formula is C16H17NO4. The summed E-state index contributed by atoms with van der Waals surface area (Å²) < 4.78 is 5.60. The first kappa shape index (κ1) is 13.7. The number of aliphatic carboxylic acids is 1. The summed E-state index contributed by atoms with van der Waals surface area (Å²) in [6, 6.07) is 7.60. The minimum absolute atomic E-state index is 0.0478. The van der Waals surface area contributed by atoms with Gasteiger partial charge in [0, 0.05) is 18.7 Å². The summed E-state index contributed by atoms with van der Waals surface area (Å²) >= 11 is 0. The van der Waals surface area contributed by atoms with Gasteiger partial charge in [0.1, 0.15) is 12.4 Å².